The highest BCUT2D eigenvalue weighted by Crippen LogP contribution is 2.18. The largest absolute Gasteiger partial charge is 0.463 e. The summed E-state index contributed by atoms with van der Waals surface area (Å²) >= 11 is 0. The average molecular weight is 387 g/mol. The summed E-state index contributed by atoms with van der Waals surface area (Å²) in [5.74, 6) is -0.212. The summed E-state index contributed by atoms with van der Waals surface area (Å²) in [6.07, 6.45) is 15.8. The van der Waals surface area contributed by atoms with Crippen LogP contribution in [-0.4, -0.2) is 41.3 Å². The zero-order chi connectivity index (χ0) is 19.7. The lowest BCUT2D eigenvalue weighted by Gasteiger charge is -2.29. The molecule has 5 nitrogen and oxygen atoms in total. The van der Waals surface area contributed by atoms with Crippen molar-refractivity contribution in [3.63, 3.8) is 0 Å². The topological polar surface area (TPSA) is 76.0 Å². The van der Waals surface area contributed by atoms with Crippen LogP contribution < -0.4 is 0 Å². The predicted molar refractivity (Wildman–Crippen MR) is 107 cm³/mol. The van der Waals surface area contributed by atoms with Crippen LogP contribution >= 0.6 is 0 Å². The lowest BCUT2D eigenvalue weighted by atomic mass is 10.0. The van der Waals surface area contributed by atoms with Crippen molar-refractivity contribution in [2.45, 2.75) is 128 Å². The Morgan fingerprint density at radius 1 is 0.852 bits per heavy atom. The highest BCUT2D eigenvalue weighted by molar-refractivity contribution is 5.69. The van der Waals surface area contributed by atoms with E-state index in [4.69, 9.17) is 9.47 Å². The first kappa shape index (κ1) is 24.4. The van der Waals surface area contributed by atoms with Gasteiger partial charge in [-0.3, -0.25) is 4.79 Å². The van der Waals surface area contributed by atoms with Gasteiger partial charge in [-0.25, -0.2) is 0 Å². The van der Waals surface area contributed by atoms with Gasteiger partial charge in [0.25, 0.3) is 0 Å². The molecule has 0 spiro atoms. The minimum absolute atomic E-state index is 0.116. The van der Waals surface area contributed by atoms with Crippen LogP contribution in [0.25, 0.3) is 0 Å². The second-order valence-electron chi connectivity index (χ2n) is 8.01. The molecule has 160 valence electrons. The third kappa shape index (κ3) is 14.1. The molecule has 1 aliphatic rings. The van der Waals surface area contributed by atoms with Crippen LogP contribution in [0, 0.1) is 0 Å². The molecule has 0 bridgehead atoms. The minimum atomic E-state index is -0.960. The third-order valence-corrected chi connectivity index (χ3v) is 5.27. The van der Waals surface area contributed by atoms with Crippen LogP contribution in [0.3, 0.4) is 0 Å². The lowest BCUT2D eigenvalue weighted by Crippen LogP contribution is -2.38. The van der Waals surface area contributed by atoms with Crippen LogP contribution in [0.2, 0.25) is 0 Å². The third-order valence-electron chi connectivity index (χ3n) is 5.27. The number of carbonyl (C=O) groups excluding carboxylic acids is 1. The van der Waals surface area contributed by atoms with Gasteiger partial charge in [0.2, 0.25) is 0 Å². The summed E-state index contributed by atoms with van der Waals surface area (Å²) in [6.45, 7) is 2.37. The second kappa shape index (κ2) is 16.3. The van der Waals surface area contributed by atoms with Crippen molar-refractivity contribution in [1.29, 1.82) is 0 Å². The van der Waals surface area contributed by atoms with E-state index in [0.29, 0.717) is 12.8 Å². The van der Waals surface area contributed by atoms with Gasteiger partial charge in [0.15, 0.2) is 6.29 Å². The first-order chi connectivity index (χ1) is 13.1. The van der Waals surface area contributed by atoms with E-state index in [1.54, 1.807) is 0 Å². The van der Waals surface area contributed by atoms with E-state index >= 15 is 0 Å². The molecule has 0 aromatic carbocycles. The van der Waals surface area contributed by atoms with E-state index in [-0.39, 0.29) is 19.0 Å². The van der Waals surface area contributed by atoms with Gasteiger partial charge in [0, 0.05) is 19.3 Å². The molecule has 1 heterocycles. The van der Waals surface area contributed by atoms with Crippen LogP contribution in [0.4, 0.5) is 0 Å². The molecular weight excluding hydrogens is 344 g/mol. The fourth-order valence-corrected chi connectivity index (χ4v) is 3.62. The molecule has 0 amide bonds. The maximum atomic E-state index is 11.7. The van der Waals surface area contributed by atoms with E-state index in [2.05, 4.69) is 6.92 Å². The SMILES string of the molecule is CCCCCCCCCCCCCCCC(=O)OC[C@@H]1C[C@H](O)CC(O)O1. The lowest BCUT2D eigenvalue weighted by molar-refractivity contribution is -0.203. The van der Waals surface area contributed by atoms with Gasteiger partial charge in [0.05, 0.1) is 12.2 Å². The Kier molecular flexibility index (Phi) is 14.7. The van der Waals surface area contributed by atoms with Crippen molar-refractivity contribution in [3.05, 3.63) is 0 Å². The Hall–Kier alpha value is -0.650. The van der Waals surface area contributed by atoms with E-state index in [9.17, 15) is 15.0 Å². The number of esters is 1. The van der Waals surface area contributed by atoms with Crippen LogP contribution in [0.1, 0.15) is 110 Å². The zero-order valence-corrected chi connectivity index (χ0v) is 17.4. The Balaban J connectivity index is 1.83. The smallest absolute Gasteiger partial charge is 0.305 e. The van der Waals surface area contributed by atoms with E-state index in [1.165, 1.54) is 70.6 Å². The van der Waals surface area contributed by atoms with Gasteiger partial charge in [-0.15, -0.1) is 0 Å². The Labute approximate surface area is 165 Å². The van der Waals surface area contributed by atoms with E-state index in [1.807, 2.05) is 0 Å². The normalized spacial score (nSPS) is 22.7. The van der Waals surface area contributed by atoms with Gasteiger partial charge >= 0.3 is 5.97 Å². The van der Waals surface area contributed by atoms with Crippen molar-refractivity contribution in [1.82, 2.24) is 0 Å². The number of unbranched alkanes of at least 4 members (excludes halogenated alkanes) is 12. The molecule has 1 saturated heterocycles. The molecule has 1 fully saturated rings. The monoisotopic (exact) mass is 386 g/mol. The second-order valence-corrected chi connectivity index (χ2v) is 8.01. The molecule has 0 radical (unpaired) electrons. The summed E-state index contributed by atoms with van der Waals surface area (Å²) in [5, 5.41) is 19.0. The summed E-state index contributed by atoms with van der Waals surface area (Å²) in [5.41, 5.74) is 0. The fraction of sp³-hybridized carbons (Fsp3) is 0.955. The summed E-state index contributed by atoms with van der Waals surface area (Å²) in [6, 6.07) is 0. The van der Waals surface area contributed by atoms with Gasteiger partial charge in [-0.05, 0) is 6.42 Å². The van der Waals surface area contributed by atoms with Crippen molar-refractivity contribution in [2.75, 3.05) is 6.61 Å². The fourth-order valence-electron chi connectivity index (χ4n) is 3.62. The van der Waals surface area contributed by atoms with Crippen molar-refractivity contribution in [3.8, 4) is 0 Å². The first-order valence-electron chi connectivity index (χ1n) is 11.3. The highest BCUT2D eigenvalue weighted by Gasteiger charge is 2.27. The molecule has 0 aromatic heterocycles. The number of aliphatic hydroxyl groups is 2. The van der Waals surface area contributed by atoms with Crippen molar-refractivity contribution >= 4 is 5.97 Å². The van der Waals surface area contributed by atoms with Gasteiger partial charge in [0.1, 0.15) is 6.61 Å². The Morgan fingerprint density at radius 2 is 1.37 bits per heavy atom. The molecule has 5 heteroatoms. The molecule has 1 aliphatic heterocycles. The van der Waals surface area contributed by atoms with Crippen molar-refractivity contribution < 1.29 is 24.5 Å². The Morgan fingerprint density at radius 3 is 1.89 bits per heavy atom. The van der Waals surface area contributed by atoms with Gasteiger partial charge in [-0.2, -0.15) is 0 Å². The van der Waals surface area contributed by atoms with Crippen LogP contribution in [0.5, 0.6) is 0 Å². The number of rotatable bonds is 16. The number of ether oxygens (including phenoxy) is 2. The van der Waals surface area contributed by atoms with Gasteiger partial charge in [-0.1, -0.05) is 84.0 Å². The molecule has 0 aliphatic carbocycles. The predicted octanol–water partition coefficient (Wildman–Crippen LogP) is 4.87. The summed E-state index contributed by atoms with van der Waals surface area (Å²) < 4.78 is 10.4. The van der Waals surface area contributed by atoms with Crippen LogP contribution in [-0.2, 0) is 14.3 Å². The summed E-state index contributed by atoms with van der Waals surface area (Å²) in [4.78, 5) is 11.7. The molecule has 1 unspecified atom stereocenters. The molecule has 27 heavy (non-hydrogen) atoms. The standard InChI is InChI=1S/C22H42O5/c1-2-3-4-5-6-7-8-9-10-11-12-13-14-15-21(24)26-18-20-16-19(23)17-22(25)27-20/h19-20,22-23,25H,2-18H2,1H3/t19-,20-,22?/m0/s1. The molecule has 0 aromatic rings. The highest BCUT2D eigenvalue weighted by atomic mass is 16.6. The Bertz CT molecular complexity index is 351. The minimum Gasteiger partial charge on any atom is -0.463 e. The number of carbonyl (C=O) groups is 1. The molecule has 1 rings (SSSR count). The first-order valence-corrected chi connectivity index (χ1v) is 11.3. The molecule has 0 saturated carbocycles. The van der Waals surface area contributed by atoms with Crippen molar-refractivity contribution in [2.24, 2.45) is 0 Å². The zero-order valence-electron chi connectivity index (χ0n) is 17.4. The quantitative estimate of drug-likeness (QED) is 0.292. The average Bonchev–Trinajstić information content (AvgIpc) is 2.63. The molecular formula is C22H42O5. The molecule has 3 atom stereocenters. The molecule has 2 N–H and O–H groups in total. The number of hydrogen-bond acceptors (Lipinski definition) is 5. The summed E-state index contributed by atoms with van der Waals surface area (Å²) in [7, 11) is 0. The number of hydrogen-bond donors (Lipinski definition) is 2. The van der Waals surface area contributed by atoms with Gasteiger partial charge < -0.3 is 19.7 Å². The maximum Gasteiger partial charge on any atom is 0.305 e. The van der Waals surface area contributed by atoms with E-state index < -0.39 is 18.5 Å². The van der Waals surface area contributed by atoms with Crippen LogP contribution in [0.15, 0.2) is 0 Å². The maximum absolute atomic E-state index is 11.7. The number of aliphatic hydroxyl groups excluding tert-OH is 2. The van der Waals surface area contributed by atoms with E-state index in [0.717, 1.165) is 12.8 Å².